The average molecular weight is 325 g/mol. The fourth-order valence-electron chi connectivity index (χ4n) is 2.24. The first-order chi connectivity index (χ1) is 10.0. The minimum absolute atomic E-state index is 0.151. The zero-order valence-electron chi connectivity index (χ0n) is 11.0. The number of rotatable bonds is 3. The average Bonchev–Trinajstić information content (AvgIpc) is 2.49. The largest absolute Gasteiger partial charge is 0.303 e. The number of hydrogen-bond acceptors (Lipinski definition) is 4. The number of benzene rings is 1. The molecule has 1 N–H and O–H groups in total. The second-order valence-electron chi connectivity index (χ2n) is 4.70. The van der Waals surface area contributed by atoms with Crippen LogP contribution < -0.4 is 4.72 Å². The number of hydrogen-bond donors (Lipinski definition) is 1. The maximum Gasteiger partial charge on any atom is 0.303 e. The third-order valence-corrected chi connectivity index (χ3v) is 4.96. The van der Waals surface area contributed by atoms with Gasteiger partial charge in [-0.3, -0.25) is 4.72 Å². The summed E-state index contributed by atoms with van der Waals surface area (Å²) in [5.41, 5.74) is 2.21. The number of nitrogens with zero attached hydrogens (tertiary/aromatic N) is 3. The Morgan fingerprint density at radius 1 is 1.10 bits per heavy atom. The predicted octanol–water partition coefficient (Wildman–Crippen LogP) is 1.84. The zero-order valence-corrected chi connectivity index (χ0v) is 12.6. The van der Waals surface area contributed by atoms with Crippen LogP contribution in [0.5, 0.6) is 0 Å². The minimum atomic E-state index is -3.65. The highest BCUT2D eigenvalue weighted by Gasteiger charge is 2.26. The molecule has 0 atom stereocenters. The summed E-state index contributed by atoms with van der Waals surface area (Å²) in [5, 5.41) is 7.53. The van der Waals surface area contributed by atoms with Crippen LogP contribution in [0.1, 0.15) is 11.1 Å². The Morgan fingerprint density at radius 3 is 2.57 bits per heavy atom. The van der Waals surface area contributed by atoms with Gasteiger partial charge in [-0.1, -0.05) is 35.9 Å². The smallest absolute Gasteiger partial charge is 0.253 e. The Labute approximate surface area is 127 Å². The van der Waals surface area contributed by atoms with Crippen molar-refractivity contribution in [3.05, 3.63) is 52.7 Å². The van der Waals surface area contributed by atoms with Gasteiger partial charge in [-0.25, -0.2) is 0 Å². The van der Waals surface area contributed by atoms with E-state index in [1.807, 2.05) is 24.3 Å². The first-order valence-corrected chi connectivity index (χ1v) is 8.20. The van der Waals surface area contributed by atoms with E-state index in [2.05, 4.69) is 14.9 Å². The summed E-state index contributed by atoms with van der Waals surface area (Å²) >= 11 is 5.63. The molecule has 0 spiro atoms. The Kier molecular flexibility index (Phi) is 3.79. The second-order valence-corrected chi connectivity index (χ2v) is 6.76. The summed E-state index contributed by atoms with van der Waals surface area (Å²) < 4.78 is 28.5. The topological polar surface area (TPSA) is 75.2 Å². The van der Waals surface area contributed by atoms with Crippen molar-refractivity contribution in [1.82, 2.24) is 14.5 Å². The SMILES string of the molecule is O=S(=O)(Nc1ccc(Cl)nn1)N1CCc2ccccc2C1. The molecule has 3 rings (SSSR count). The summed E-state index contributed by atoms with van der Waals surface area (Å²) in [6.45, 7) is 0.792. The highest BCUT2D eigenvalue weighted by atomic mass is 35.5. The lowest BCUT2D eigenvalue weighted by Crippen LogP contribution is -2.39. The molecule has 0 amide bonds. The molecule has 0 unspecified atom stereocenters. The highest BCUT2D eigenvalue weighted by Crippen LogP contribution is 2.21. The van der Waals surface area contributed by atoms with E-state index >= 15 is 0 Å². The Balaban J connectivity index is 1.78. The molecule has 8 heteroatoms. The van der Waals surface area contributed by atoms with Crippen molar-refractivity contribution in [2.45, 2.75) is 13.0 Å². The van der Waals surface area contributed by atoms with E-state index in [1.54, 1.807) is 0 Å². The second kappa shape index (κ2) is 5.59. The standard InChI is InChI=1S/C13H13ClN4O2S/c14-12-5-6-13(16-15-12)17-21(19,20)18-8-7-10-3-1-2-4-11(10)9-18/h1-6H,7-9H2,(H,16,17). The molecule has 1 aliphatic rings. The monoisotopic (exact) mass is 324 g/mol. The lowest BCUT2D eigenvalue weighted by molar-refractivity contribution is 0.394. The predicted molar refractivity (Wildman–Crippen MR) is 80.1 cm³/mol. The minimum Gasteiger partial charge on any atom is -0.253 e. The molecule has 0 radical (unpaired) electrons. The van der Waals surface area contributed by atoms with Crippen molar-refractivity contribution in [2.75, 3.05) is 11.3 Å². The number of fused-ring (bicyclic) bond motifs is 1. The normalized spacial score (nSPS) is 15.5. The van der Waals surface area contributed by atoms with Gasteiger partial charge in [0, 0.05) is 13.1 Å². The Hall–Kier alpha value is -1.70. The van der Waals surface area contributed by atoms with Gasteiger partial charge in [-0.2, -0.15) is 12.7 Å². The van der Waals surface area contributed by atoms with Crippen molar-refractivity contribution in [3.8, 4) is 0 Å². The number of nitrogens with one attached hydrogen (secondary N) is 1. The Morgan fingerprint density at radius 2 is 1.86 bits per heavy atom. The number of anilines is 1. The third kappa shape index (κ3) is 3.15. The van der Waals surface area contributed by atoms with E-state index in [0.717, 1.165) is 5.56 Å². The van der Waals surface area contributed by atoms with Crippen LogP contribution in [-0.2, 0) is 23.2 Å². The van der Waals surface area contributed by atoms with Crippen molar-refractivity contribution < 1.29 is 8.42 Å². The quantitative estimate of drug-likeness (QED) is 0.935. The molecule has 0 aliphatic carbocycles. The summed E-state index contributed by atoms with van der Waals surface area (Å²) in [6, 6.07) is 10.8. The lowest BCUT2D eigenvalue weighted by Gasteiger charge is -2.27. The summed E-state index contributed by atoms with van der Waals surface area (Å²) in [4.78, 5) is 0. The zero-order chi connectivity index (χ0) is 14.9. The number of halogens is 1. The Bertz CT molecular complexity index is 749. The third-order valence-electron chi connectivity index (χ3n) is 3.30. The molecule has 0 saturated carbocycles. The van der Waals surface area contributed by atoms with Gasteiger partial charge in [-0.15, -0.1) is 10.2 Å². The maximum absolute atomic E-state index is 12.4. The van der Waals surface area contributed by atoms with Gasteiger partial charge in [0.1, 0.15) is 0 Å². The molecule has 1 aromatic heterocycles. The van der Waals surface area contributed by atoms with Crippen LogP contribution in [0.3, 0.4) is 0 Å². The van der Waals surface area contributed by atoms with Crippen LogP contribution in [0.2, 0.25) is 5.15 Å². The van der Waals surface area contributed by atoms with Crippen molar-refractivity contribution in [3.63, 3.8) is 0 Å². The van der Waals surface area contributed by atoms with Crippen LogP contribution in [0, 0.1) is 0 Å². The van der Waals surface area contributed by atoms with Crippen molar-refractivity contribution >= 4 is 27.6 Å². The molecule has 0 saturated heterocycles. The first-order valence-electron chi connectivity index (χ1n) is 6.38. The van der Waals surface area contributed by atoms with Crippen LogP contribution in [0.4, 0.5) is 5.82 Å². The van der Waals surface area contributed by atoms with Crippen LogP contribution in [0.25, 0.3) is 0 Å². The van der Waals surface area contributed by atoms with Crippen LogP contribution in [-0.4, -0.2) is 29.5 Å². The van der Waals surface area contributed by atoms with Gasteiger partial charge in [0.2, 0.25) is 0 Å². The molecule has 21 heavy (non-hydrogen) atoms. The molecule has 110 valence electrons. The van der Waals surface area contributed by atoms with E-state index in [-0.39, 0.29) is 11.0 Å². The van der Waals surface area contributed by atoms with Gasteiger partial charge in [-0.05, 0) is 29.7 Å². The van der Waals surface area contributed by atoms with Crippen LogP contribution >= 0.6 is 11.6 Å². The first kappa shape index (κ1) is 14.2. The molecule has 2 aromatic rings. The lowest BCUT2D eigenvalue weighted by atomic mass is 10.0. The van der Waals surface area contributed by atoms with E-state index in [1.165, 1.54) is 22.0 Å². The summed E-state index contributed by atoms with van der Waals surface area (Å²) in [6.07, 6.45) is 0.698. The van der Waals surface area contributed by atoms with Gasteiger partial charge in [0.15, 0.2) is 11.0 Å². The molecule has 2 heterocycles. The molecule has 1 aliphatic heterocycles. The van der Waals surface area contributed by atoms with E-state index < -0.39 is 10.2 Å². The highest BCUT2D eigenvalue weighted by molar-refractivity contribution is 7.90. The summed E-state index contributed by atoms with van der Waals surface area (Å²) in [7, 11) is -3.65. The van der Waals surface area contributed by atoms with Gasteiger partial charge in [0.05, 0.1) is 0 Å². The van der Waals surface area contributed by atoms with E-state index in [0.29, 0.717) is 19.5 Å². The fourth-order valence-corrected chi connectivity index (χ4v) is 3.49. The molecule has 0 bridgehead atoms. The fraction of sp³-hybridized carbons (Fsp3) is 0.231. The molecule has 0 fully saturated rings. The van der Waals surface area contributed by atoms with Crippen LogP contribution in [0.15, 0.2) is 36.4 Å². The van der Waals surface area contributed by atoms with Crippen molar-refractivity contribution in [2.24, 2.45) is 0 Å². The molecular formula is C13H13ClN4O2S. The molecule has 6 nitrogen and oxygen atoms in total. The molecule has 1 aromatic carbocycles. The van der Waals surface area contributed by atoms with Crippen molar-refractivity contribution in [1.29, 1.82) is 0 Å². The van der Waals surface area contributed by atoms with E-state index in [9.17, 15) is 8.42 Å². The van der Waals surface area contributed by atoms with Gasteiger partial charge < -0.3 is 0 Å². The number of aromatic nitrogens is 2. The maximum atomic E-state index is 12.4. The van der Waals surface area contributed by atoms with Gasteiger partial charge >= 0.3 is 10.2 Å². The van der Waals surface area contributed by atoms with Gasteiger partial charge in [0.25, 0.3) is 0 Å². The van der Waals surface area contributed by atoms with E-state index in [4.69, 9.17) is 11.6 Å². The molecular weight excluding hydrogens is 312 g/mol. The summed E-state index contributed by atoms with van der Waals surface area (Å²) in [5.74, 6) is 0.151.